The topological polar surface area (TPSA) is 156 Å². The number of nitrogens with two attached hydrogens (primary N) is 1. The Morgan fingerprint density at radius 1 is 0.862 bits per heavy atom. The Morgan fingerprint density at radius 3 is 2.14 bits per heavy atom. The molecular weight excluding hydrogens is 779 g/mol. The first-order valence-corrected chi connectivity index (χ1v) is 19.0. The summed E-state index contributed by atoms with van der Waals surface area (Å²) in [6.45, 7) is 1.57. The highest BCUT2D eigenvalue weighted by molar-refractivity contribution is 6.33. The molecule has 0 spiro atoms. The van der Waals surface area contributed by atoms with E-state index in [-0.39, 0.29) is 48.5 Å². The number of halogens is 4. The second kappa shape index (κ2) is 17.1. The molecule has 13 nitrogen and oxygen atoms in total. The molecule has 2 fully saturated rings. The predicted octanol–water partition coefficient (Wildman–Crippen LogP) is 6.45. The summed E-state index contributed by atoms with van der Waals surface area (Å²) in [5.41, 5.74) is 5.39. The molecule has 4 aromatic carbocycles. The smallest absolute Gasteiger partial charge is 0.418 e. The van der Waals surface area contributed by atoms with Crippen LogP contribution in [0.1, 0.15) is 40.4 Å². The minimum atomic E-state index is -4.82. The Balaban J connectivity index is 1.02. The standard InChI is InChI=1S/C41H39ClF3N7O6/c42-33-24-26(23-32(35(33)46)41(43,44)45)25-34(58-40(56)51-17-15-30(16-18-51)52-39(55)47-36(48-52)27-7-3-1-4-8-27)37(53)50-21-19-49(20-22-50)29-13-11-28(12-14-29)38(54)57-31-9-5-2-6-10-31/h1-14,23-24,30,34H,15-22,25,46H2,(H,47,48,55)/t34-/m1/s1. The highest BCUT2D eigenvalue weighted by atomic mass is 35.5. The molecule has 1 atom stereocenters. The van der Waals surface area contributed by atoms with E-state index in [0.29, 0.717) is 43.1 Å². The Morgan fingerprint density at radius 2 is 1.50 bits per heavy atom. The second-order valence-corrected chi connectivity index (χ2v) is 14.4. The van der Waals surface area contributed by atoms with Crippen LogP contribution in [0, 0.1) is 0 Å². The van der Waals surface area contributed by atoms with Crippen molar-refractivity contribution in [1.29, 1.82) is 0 Å². The summed E-state index contributed by atoms with van der Waals surface area (Å²) in [6, 6.07) is 26.5. The van der Waals surface area contributed by atoms with E-state index < -0.39 is 47.9 Å². The maximum atomic E-state index is 14.1. The van der Waals surface area contributed by atoms with Gasteiger partial charge in [-0.1, -0.05) is 60.1 Å². The number of rotatable bonds is 9. The molecule has 0 radical (unpaired) electrons. The molecule has 3 heterocycles. The van der Waals surface area contributed by atoms with Gasteiger partial charge >= 0.3 is 23.9 Å². The molecule has 5 aromatic rings. The maximum absolute atomic E-state index is 14.1. The number of nitrogens with zero attached hydrogens (tertiary/aromatic N) is 5. The van der Waals surface area contributed by atoms with E-state index in [0.717, 1.165) is 17.3 Å². The van der Waals surface area contributed by atoms with E-state index in [2.05, 4.69) is 10.1 Å². The Labute approximate surface area is 335 Å². The molecule has 17 heteroatoms. The van der Waals surface area contributed by atoms with Gasteiger partial charge in [-0.25, -0.2) is 19.1 Å². The van der Waals surface area contributed by atoms with E-state index in [1.165, 1.54) is 20.5 Å². The molecule has 1 aromatic heterocycles. The summed E-state index contributed by atoms with van der Waals surface area (Å²) < 4.78 is 54.2. The summed E-state index contributed by atoms with van der Waals surface area (Å²) in [5, 5.41) is 4.13. The Hall–Kier alpha value is -6.29. The number of piperazine rings is 1. The monoisotopic (exact) mass is 817 g/mol. The predicted molar refractivity (Wildman–Crippen MR) is 210 cm³/mol. The van der Waals surface area contributed by atoms with Gasteiger partial charge < -0.3 is 29.9 Å². The van der Waals surface area contributed by atoms with Gasteiger partial charge in [0.1, 0.15) is 5.75 Å². The molecule has 302 valence electrons. The first kappa shape index (κ1) is 39.9. The summed E-state index contributed by atoms with van der Waals surface area (Å²) in [4.78, 5) is 60.8. The number of hydrogen-bond acceptors (Lipinski definition) is 9. The van der Waals surface area contributed by atoms with Crippen molar-refractivity contribution < 1.29 is 37.0 Å². The number of para-hydroxylation sites is 1. The number of H-pyrrole nitrogens is 1. The van der Waals surface area contributed by atoms with Crippen LogP contribution in [0.5, 0.6) is 5.75 Å². The maximum Gasteiger partial charge on any atom is 0.418 e. The lowest BCUT2D eigenvalue weighted by Gasteiger charge is -2.38. The number of nitrogens with one attached hydrogen (secondary N) is 1. The van der Waals surface area contributed by atoms with Crippen molar-refractivity contribution in [2.24, 2.45) is 0 Å². The van der Waals surface area contributed by atoms with Crippen molar-refractivity contribution in [2.45, 2.75) is 37.6 Å². The summed E-state index contributed by atoms with van der Waals surface area (Å²) >= 11 is 6.11. The number of benzene rings is 4. The summed E-state index contributed by atoms with van der Waals surface area (Å²) in [6.07, 6.45) is -6.79. The quantitative estimate of drug-likeness (QED) is 0.0971. The van der Waals surface area contributed by atoms with E-state index in [1.807, 2.05) is 41.3 Å². The molecule has 0 saturated carbocycles. The van der Waals surface area contributed by atoms with Gasteiger partial charge in [0.25, 0.3) is 5.91 Å². The van der Waals surface area contributed by atoms with Crippen LogP contribution in [0.25, 0.3) is 11.4 Å². The number of piperidine rings is 1. The third kappa shape index (κ3) is 9.12. The van der Waals surface area contributed by atoms with E-state index in [4.69, 9.17) is 26.8 Å². The first-order chi connectivity index (χ1) is 27.8. The summed E-state index contributed by atoms with van der Waals surface area (Å²) in [5.74, 6) is -0.245. The van der Waals surface area contributed by atoms with Gasteiger partial charge in [0.2, 0.25) is 0 Å². The Bertz CT molecular complexity index is 2310. The van der Waals surface area contributed by atoms with Gasteiger partial charge in [0, 0.05) is 56.9 Å². The lowest BCUT2D eigenvalue weighted by atomic mass is 10.0. The molecule has 0 bridgehead atoms. The number of amides is 2. The van der Waals surface area contributed by atoms with Gasteiger partial charge in [-0.15, -0.1) is 5.10 Å². The number of hydrogen-bond donors (Lipinski definition) is 2. The fourth-order valence-corrected chi connectivity index (χ4v) is 7.31. The average Bonchev–Trinajstić information content (AvgIpc) is 3.63. The van der Waals surface area contributed by atoms with Crippen LogP contribution < -0.4 is 21.1 Å². The zero-order valence-electron chi connectivity index (χ0n) is 31.0. The van der Waals surface area contributed by atoms with Crippen LogP contribution in [0.3, 0.4) is 0 Å². The van der Waals surface area contributed by atoms with Crippen molar-refractivity contribution in [3.63, 3.8) is 0 Å². The van der Waals surface area contributed by atoms with Crippen LogP contribution in [-0.2, 0) is 22.1 Å². The van der Waals surface area contributed by atoms with Crippen LogP contribution in [0.4, 0.5) is 29.3 Å². The molecule has 7 rings (SSSR count). The van der Waals surface area contributed by atoms with E-state index >= 15 is 0 Å². The minimum Gasteiger partial charge on any atom is -0.436 e. The van der Waals surface area contributed by atoms with Crippen LogP contribution in [-0.4, -0.2) is 87.9 Å². The largest absolute Gasteiger partial charge is 0.436 e. The van der Waals surface area contributed by atoms with Crippen molar-refractivity contribution in [3.8, 4) is 17.1 Å². The molecule has 2 saturated heterocycles. The zero-order chi connectivity index (χ0) is 41.0. The lowest BCUT2D eigenvalue weighted by molar-refractivity contribution is -0.141. The highest BCUT2D eigenvalue weighted by Crippen LogP contribution is 2.38. The Kier molecular flexibility index (Phi) is 11.7. The third-order valence-corrected chi connectivity index (χ3v) is 10.5. The molecular formula is C41H39ClF3N7O6. The number of ether oxygens (including phenoxy) is 2. The van der Waals surface area contributed by atoms with Gasteiger partial charge in [-0.2, -0.15) is 13.2 Å². The average molecular weight is 818 g/mol. The number of alkyl halides is 3. The SMILES string of the molecule is Nc1c(Cl)cc(C[C@@H](OC(=O)N2CCC(n3nc(-c4ccccc4)[nH]c3=O)CC2)C(=O)N2CCN(c3ccc(C(=O)Oc4ccccc4)cc3)CC2)cc1C(F)(F)F. The van der Waals surface area contributed by atoms with Gasteiger partial charge in [0.05, 0.1) is 27.9 Å². The number of aromatic amines is 1. The minimum absolute atomic E-state index is 0.00743. The number of likely N-dealkylation sites (tertiary alicyclic amines) is 1. The van der Waals surface area contributed by atoms with Gasteiger partial charge in [-0.05, 0) is 66.9 Å². The molecule has 0 unspecified atom stereocenters. The lowest BCUT2D eigenvalue weighted by Crippen LogP contribution is -2.53. The third-order valence-electron chi connectivity index (χ3n) is 10.2. The molecule has 2 aliphatic heterocycles. The molecule has 0 aliphatic carbocycles. The normalized spacial score (nSPS) is 15.6. The fraction of sp³-hybridized carbons (Fsp3) is 0.293. The number of aromatic nitrogens is 3. The van der Waals surface area contributed by atoms with Crippen LogP contribution in [0.2, 0.25) is 5.02 Å². The van der Waals surface area contributed by atoms with Crippen molar-refractivity contribution >= 4 is 40.9 Å². The number of nitrogen functional groups attached to an aromatic ring is 1. The molecule has 58 heavy (non-hydrogen) atoms. The van der Waals surface area contributed by atoms with Crippen LogP contribution >= 0.6 is 11.6 Å². The first-order valence-electron chi connectivity index (χ1n) is 18.6. The fourth-order valence-electron chi connectivity index (χ4n) is 7.07. The van der Waals surface area contributed by atoms with Crippen molar-refractivity contribution in [2.75, 3.05) is 49.9 Å². The van der Waals surface area contributed by atoms with E-state index in [1.54, 1.807) is 48.5 Å². The van der Waals surface area contributed by atoms with Crippen molar-refractivity contribution in [3.05, 3.63) is 129 Å². The van der Waals surface area contributed by atoms with Gasteiger partial charge in [0.15, 0.2) is 11.9 Å². The van der Waals surface area contributed by atoms with E-state index in [9.17, 15) is 32.3 Å². The number of carbonyl (C=O) groups excluding carboxylic acids is 3. The van der Waals surface area contributed by atoms with Gasteiger partial charge in [-0.3, -0.25) is 9.78 Å². The highest BCUT2D eigenvalue weighted by Gasteiger charge is 2.37. The number of esters is 1. The second-order valence-electron chi connectivity index (χ2n) is 14.0. The van der Waals surface area contributed by atoms with Crippen molar-refractivity contribution in [1.82, 2.24) is 24.6 Å². The molecule has 2 aliphatic rings. The summed E-state index contributed by atoms with van der Waals surface area (Å²) in [7, 11) is 0. The van der Waals surface area contributed by atoms with Crippen LogP contribution in [0.15, 0.2) is 102 Å². The number of carbonyl (C=O) groups is 3. The zero-order valence-corrected chi connectivity index (χ0v) is 31.8. The molecule has 2 amide bonds. The number of anilines is 2. The molecule has 3 N–H and O–H groups in total.